The Morgan fingerprint density at radius 3 is 1.83 bits per heavy atom. The topological polar surface area (TPSA) is 58.9 Å². The Kier molecular flexibility index (Phi) is 4.97. The second-order valence-electron chi connectivity index (χ2n) is 6.87. The van der Waals surface area contributed by atoms with Crippen molar-refractivity contribution >= 4 is 0 Å². The van der Waals surface area contributed by atoms with Crippen molar-refractivity contribution in [2.75, 3.05) is 14.2 Å². The summed E-state index contributed by atoms with van der Waals surface area (Å²) >= 11 is 0. The number of aryl methyl sites for hydroxylation is 1. The number of aromatic hydroxyl groups is 2. The molecule has 0 amide bonds. The van der Waals surface area contributed by atoms with Gasteiger partial charge >= 0.3 is 0 Å². The van der Waals surface area contributed by atoms with Crippen molar-refractivity contribution in [3.05, 3.63) is 35.4 Å². The molecular weight excluding hydrogens is 304 g/mol. The van der Waals surface area contributed by atoms with E-state index in [1.807, 2.05) is 12.1 Å². The molecule has 0 spiro atoms. The largest absolute Gasteiger partial charge is 0.507 e. The van der Waals surface area contributed by atoms with Gasteiger partial charge in [-0.15, -0.1) is 0 Å². The normalized spacial score (nSPS) is 11.4. The van der Waals surface area contributed by atoms with Gasteiger partial charge in [-0.25, -0.2) is 0 Å². The maximum atomic E-state index is 10.9. The van der Waals surface area contributed by atoms with E-state index in [1.165, 1.54) is 14.2 Å². The molecule has 0 atom stereocenters. The van der Waals surface area contributed by atoms with Crippen molar-refractivity contribution in [3.63, 3.8) is 0 Å². The molecule has 0 heterocycles. The quantitative estimate of drug-likeness (QED) is 0.857. The third kappa shape index (κ3) is 3.28. The first-order valence-electron chi connectivity index (χ1n) is 8.04. The van der Waals surface area contributed by atoms with Gasteiger partial charge in [-0.05, 0) is 41.2 Å². The Balaban J connectivity index is 2.77. The highest BCUT2D eigenvalue weighted by Gasteiger charge is 2.23. The fourth-order valence-corrected chi connectivity index (χ4v) is 2.74. The van der Waals surface area contributed by atoms with E-state index in [2.05, 4.69) is 27.7 Å². The van der Waals surface area contributed by atoms with Crippen LogP contribution in [0.4, 0.5) is 0 Å². The van der Waals surface area contributed by atoms with Crippen LogP contribution in [0.3, 0.4) is 0 Å². The van der Waals surface area contributed by atoms with Crippen LogP contribution in [0.2, 0.25) is 0 Å². The molecule has 4 heteroatoms. The van der Waals surface area contributed by atoms with Crippen molar-refractivity contribution in [2.24, 2.45) is 0 Å². The van der Waals surface area contributed by atoms with Crippen molar-refractivity contribution in [3.8, 4) is 34.1 Å². The number of ether oxygens (including phenoxy) is 2. The van der Waals surface area contributed by atoms with Crippen LogP contribution in [-0.4, -0.2) is 24.4 Å². The van der Waals surface area contributed by atoms with E-state index < -0.39 is 0 Å². The Bertz CT molecular complexity index is 717. The predicted octanol–water partition coefficient (Wildman–Crippen LogP) is 4.64. The zero-order valence-corrected chi connectivity index (χ0v) is 15.2. The summed E-state index contributed by atoms with van der Waals surface area (Å²) in [5.74, 6) is 0.811. The van der Waals surface area contributed by atoms with Crippen molar-refractivity contribution in [1.29, 1.82) is 0 Å². The highest BCUT2D eigenvalue weighted by molar-refractivity contribution is 5.77. The maximum absolute atomic E-state index is 10.9. The van der Waals surface area contributed by atoms with Gasteiger partial charge in [0.1, 0.15) is 5.75 Å². The minimum Gasteiger partial charge on any atom is -0.507 e. The standard InChI is InChI=1S/C20H26O4/c1-7-12-8-14(18(21)15(9-12)20(2,3)4)13-10-16(23-5)19(22)17(11-13)24-6/h8-11,21-22H,7H2,1-6H3. The van der Waals surface area contributed by atoms with E-state index in [0.717, 1.165) is 23.1 Å². The highest BCUT2D eigenvalue weighted by atomic mass is 16.5. The lowest BCUT2D eigenvalue weighted by Gasteiger charge is -2.23. The van der Waals surface area contributed by atoms with Gasteiger partial charge in [0.05, 0.1) is 14.2 Å². The van der Waals surface area contributed by atoms with E-state index in [9.17, 15) is 10.2 Å². The van der Waals surface area contributed by atoms with Gasteiger partial charge in [0, 0.05) is 11.1 Å². The Labute approximate surface area is 143 Å². The van der Waals surface area contributed by atoms with Gasteiger partial charge in [0.2, 0.25) is 5.75 Å². The summed E-state index contributed by atoms with van der Waals surface area (Å²) in [6.07, 6.45) is 0.864. The number of rotatable bonds is 4. The molecule has 0 bridgehead atoms. The van der Waals surface area contributed by atoms with Crippen LogP contribution < -0.4 is 9.47 Å². The zero-order valence-electron chi connectivity index (χ0n) is 15.2. The van der Waals surface area contributed by atoms with Crippen molar-refractivity contribution in [2.45, 2.75) is 39.5 Å². The summed E-state index contributed by atoms with van der Waals surface area (Å²) in [6, 6.07) is 7.43. The molecule has 4 nitrogen and oxygen atoms in total. The Morgan fingerprint density at radius 1 is 0.875 bits per heavy atom. The number of benzene rings is 2. The fraction of sp³-hybridized carbons (Fsp3) is 0.400. The lowest BCUT2D eigenvalue weighted by molar-refractivity contribution is 0.340. The van der Waals surface area contributed by atoms with Gasteiger partial charge < -0.3 is 19.7 Å². The zero-order chi connectivity index (χ0) is 18.1. The number of methoxy groups -OCH3 is 2. The average molecular weight is 330 g/mol. The molecule has 2 aromatic rings. The molecule has 130 valence electrons. The van der Waals surface area contributed by atoms with E-state index in [-0.39, 0.29) is 16.9 Å². The lowest BCUT2D eigenvalue weighted by atomic mass is 9.82. The third-order valence-electron chi connectivity index (χ3n) is 4.18. The maximum Gasteiger partial charge on any atom is 0.200 e. The first-order chi connectivity index (χ1) is 11.2. The number of phenolic OH excluding ortho intramolecular Hbond substituents is 2. The minimum atomic E-state index is -0.185. The van der Waals surface area contributed by atoms with Crippen LogP contribution >= 0.6 is 0 Å². The van der Waals surface area contributed by atoms with Gasteiger partial charge in [-0.1, -0.05) is 33.8 Å². The van der Waals surface area contributed by atoms with Crippen LogP contribution in [0.1, 0.15) is 38.8 Å². The van der Waals surface area contributed by atoms with Crippen molar-refractivity contribution in [1.82, 2.24) is 0 Å². The number of phenols is 2. The Morgan fingerprint density at radius 2 is 1.42 bits per heavy atom. The SMILES string of the molecule is CCc1cc(-c2cc(OC)c(O)c(OC)c2)c(O)c(C(C)(C)C)c1. The fourth-order valence-electron chi connectivity index (χ4n) is 2.74. The van der Waals surface area contributed by atoms with Crippen LogP contribution in [0.15, 0.2) is 24.3 Å². The van der Waals surface area contributed by atoms with Gasteiger partial charge in [-0.3, -0.25) is 0 Å². The molecule has 0 fully saturated rings. The summed E-state index contributed by atoms with van der Waals surface area (Å²) in [7, 11) is 2.97. The molecule has 0 unspecified atom stereocenters. The first-order valence-corrected chi connectivity index (χ1v) is 8.04. The molecule has 2 aromatic carbocycles. The smallest absolute Gasteiger partial charge is 0.200 e. The molecule has 0 aromatic heterocycles. The molecule has 2 N–H and O–H groups in total. The van der Waals surface area contributed by atoms with Crippen LogP contribution in [0, 0.1) is 0 Å². The average Bonchev–Trinajstić information content (AvgIpc) is 2.54. The van der Waals surface area contributed by atoms with E-state index in [0.29, 0.717) is 17.1 Å². The molecule has 0 saturated heterocycles. The molecule has 24 heavy (non-hydrogen) atoms. The summed E-state index contributed by atoms with van der Waals surface area (Å²) in [5, 5.41) is 21.0. The van der Waals surface area contributed by atoms with E-state index in [4.69, 9.17) is 9.47 Å². The van der Waals surface area contributed by atoms with Gasteiger partial charge in [0.25, 0.3) is 0 Å². The molecule has 0 radical (unpaired) electrons. The molecule has 2 rings (SSSR count). The highest BCUT2D eigenvalue weighted by Crippen LogP contribution is 2.45. The van der Waals surface area contributed by atoms with Crippen LogP contribution in [-0.2, 0) is 11.8 Å². The van der Waals surface area contributed by atoms with Crippen LogP contribution in [0.5, 0.6) is 23.0 Å². The molecule has 0 aliphatic rings. The molecule has 0 saturated carbocycles. The lowest BCUT2D eigenvalue weighted by Crippen LogP contribution is -2.12. The Hall–Kier alpha value is -2.36. The summed E-state index contributed by atoms with van der Waals surface area (Å²) in [5.41, 5.74) is 3.28. The third-order valence-corrected chi connectivity index (χ3v) is 4.18. The predicted molar refractivity (Wildman–Crippen MR) is 96.4 cm³/mol. The number of hydrogen-bond donors (Lipinski definition) is 2. The summed E-state index contributed by atoms with van der Waals surface area (Å²) in [6.45, 7) is 8.30. The minimum absolute atomic E-state index is 0.0501. The summed E-state index contributed by atoms with van der Waals surface area (Å²) in [4.78, 5) is 0. The second-order valence-corrected chi connectivity index (χ2v) is 6.87. The molecule has 0 aliphatic heterocycles. The van der Waals surface area contributed by atoms with Gasteiger partial charge in [0.15, 0.2) is 11.5 Å². The first kappa shape index (κ1) is 18.0. The summed E-state index contributed by atoms with van der Waals surface area (Å²) < 4.78 is 10.5. The van der Waals surface area contributed by atoms with Gasteiger partial charge in [-0.2, -0.15) is 0 Å². The second kappa shape index (κ2) is 6.63. The molecule has 0 aliphatic carbocycles. The monoisotopic (exact) mass is 330 g/mol. The number of hydrogen-bond acceptors (Lipinski definition) is 4. The van der Waals surface area contributed by atoms with Crippen molar-refractivity contribution < 1.29 is 19.7 Å². The van der Waals surface area contributed by atoms with E-state index in [1.54, 1.807) is 12.1 Å². The molecular formula is C20H26O4. The van der Waals surface area contributed by atoms with E-state index >= 15 is 0 Å². The van der Waals surface area contributed by atoms with Crippen LogP contribution in [0.25, 0.3) is 11.1 Å².